The molecule has 0 saturated carbocycles. The summed E-state index contributed by atoms with van der Waals surface area (Å²) in [5.41, 5.74) is 1.82. The van der Waals surface area contributed by atoms with E-state index in [0.717, 1.165) is 10.0 Å². The molecule has 1 aliphatic heterocycles. The van der Waals surface area contributed by atoms with Gasteiger partial charge in [0.25, 0.3) is 11.7 Å². The molecular weight excluding hydrogens is 488 g/mol. The number of hydrogen-bond donors (Lipinski definition) is 1. The molecule has 4 rings (SSSR count). The monoisotopic (exact) mass is 508 g/mol. The molecule has 0 bridgehead atoms. The van der Waals surface area contributed by atoms with E-state index in [1.807, 2.05) is 30.3 Å². The Hall–Kier alpha value is -3.65. The number of amides is 1. The minimum Gasteiger partial charge on any atom is -0.507 e. The second-order valence-electron chi connectivity index (χ2n) is 7.41. The van der Waals surface area contributed by atoms with Crippen molar-refractivity contribution in [2.24, 2.45) is 0 Å². The Bertz CT molecular complexity index is 1230. The molecule has 1 aliphatic rings. The van der Waals surface area contributed by atoms with Crippen LogP contribution in [0.15, 0.2) is 77.0 Å². The van der Waals surface area contributed by atoms with Crippen molar-refractivity contribution in [3.63, 3.8) is 0 Å². The number of aliphatic hydroxyl groups excluding tert-OH is 1. The van der Waals surface area contributed by atoms with Gasteiger partial charge in [-0.15, -0.1) is 0 Å². The lowest BCUT2D eigenvalue weighted by atomic mass is 9.95. The lowest BCUT2D eigenvalue weighted by Gasteiger charge is -2.25. The number of hydrogen-bond acceptors (Lipinski definition) is 6. The maximum absolute atomic E-state index is 13.2. The smallest absolute Gasteiger partial charge is 0.295 e. The van der Waals surface area contributed by atoms with Gasteiger partial charge in [0.1, 0.15) is 5.76 Å². The van der Waals surface area contributed by atoms with Crippen LogP contribution < -0.4 is 9.47 Å². The maximum Gasteiger partial charge on any atom is 0.295 e. The average molecular weight is 509 g/mol. The molecule has 33 heavy (non-hydrogen) atoms. The Kier molecular flexibility index (Phi) is 6.46. The number of pyridine rings is 1. The van der Waals surface area contributed by atoms with Gasteiger partial charge < -0.3 is 19.5 Å². The van der Waals surface area contributed by atoms with Crippen LogP contribution in [0.2, 0.25) is 0 Å². The first kappa shape index (κ1) is 22.5. The number of nitrogens with zero attached hydrogens (tertiary/aromatic N) is 2. The molecule has 0 aliphatic carbocycles. The van der Waals surface area contributed by atoms with E-state index in [0.29, 0.717) is 22.6 Å². The Labute approximate surface area is 199 Å². The van der Waals surface area contributed by atoms with Crippen molar-refractivity contribution in [3.8, 4) is 11.5 Å². The summed E-state index contributed by atoms with van der Waals surface area (Å²) in [5.74, 6) is -0.842. The Morgan fingerprint density at radius 3 is 2.42 bits per heavy atom. The highest BCUT2D eigenvalue weighted by Crippen LogP contribution is 2.41. The summed E-state index contributed by atoms with van der Waals surface area (Å²) in [7, 11) is 2.99. The Morgan fingerprint density at radius 1 is 1.06 bits per heavy atom. The standard InChI is InChI=1S/C25H21BrN2O5/c1-32-19-10-7-17(12-20(19)33-2)23(29)21-22(16-5-8-18(26)9-6-16)28(25(31)24(21)30)14-15-4-3-11-27-13-15/h3-13,22,29H,14H2,1-2H3/b23-21-. The lowest BCUT2D eigenvalue weighted by Crippen LogP contribution is -2.29. The number of halogens is 1. The third-order valence-corrected chi connectivity index (χ3v) is 5.99. The van der Waals surface area contributed by atoms with E-state index in [-0.39, 0.29) is 17.9 Å². The molecule has 0 radical (unpaired) electrons. The molecule has 1 fully saturated rings. The van der Waals surface area contributed by atoms with Crippen LogP contribution in [0, 0.1) is 0 Å². The summed E-state index contributed by atoms with van der Waals surface area (Å²) in [5, 5.41) is 11.2. The number of aromatic nitrogens is 1. The van der Waals surface area contributed by atoms with Gasteiger partial charge in [0.05, 0.1) is 25.8 Å². The largest absolute Gasteiger partial charge is 0.507 e. The van der Waals surface area contributed by atoms with E-state index >= 15 is 0 Å². The van der Waals surface area contributed by atoms with Crippen molar-refractivity contribution in [3.05, 3.63) is 93.7 Å². The molecule has 2 aromatic carbocycles. The molecule has 2 heterocycles. The van der Waals surface area contributed by atoms with E-state index < -0.39 is 17.7 Å². The molecule has 0 spiro atoms. The SMILES string of the molecule is COc1ccc(/C(O)=C2/C(=O)C(=O)N(Cc3cccnc3)C2c2ccc(Br)cc2)cc1OC. The molecule has 1 amide bonds. The number of carbonyl (C=O) groups excluding carboxylic acids is 2. The van der Waals surface area contributed by atoms with E-state index in [9.17, 15) is 14.7 Å². The Morgan fingerprint density at radius 2 is 1.79 bits per heavy atom. The van der Waals surface area contributed by atoms with Crippen molar-refractivity contribution in [2.45, 2.75) is 12.6 Å². The average Bonchev–Trinajstić information content (AvgIpc) is 3.09. The zero-order chi connectivity index (χ0) is 23.5. The molecule has 3 aromatic rings. The van der Waals surface area contributed by atoms with Crippen LogP contribution in [-0.4, -0.2) is 40.9 Å². The van der Waals surface area contributed by atoms with Crippen LogP contribution in [0.4, 0.5) is 0 Å². The van der Waals surface area contributed by atoms with Crippen LogP contribution in [0.25, 0.3) is 5.76 Å². The maximum atomic E-state index is 13.2. The zero-order valence-corrected chi connectivity index (χ0v) is 19.6. The first-order chi connectivity index (χ1) is 15.9. The van der Waals surface area contributed by atoms with E-state index in [1.54, 1.807) is 36.7 Å². The van der Waals surface area contributed by atoms with Gasteiger partial charge in [0.15, 0.2) is 11.5 Å². The number of Topliss-reactive ketones (excluding diaryl/α,β-unsaturated/α-hetero) is 1. The van der Waals surface area contributed by atoms with E-state index in [1.165, 1.54) is 19.1 Å². The third-order valence-electron chi connectivity index (χ3n) is 5.46. The van der Waals surface area contributed by atoms with Crippen LogP contribution in [0.1, 0.15) is 22.7 Å². The van der Waals surface area contributed by atoms with Crippen molar-refractivity contribution < 1.29 is 24.2 Å². The van der Waals surface area contributed by atoms with Crippen molar-refractivity contribution >= 4 is 33.4 Å². The number of carbonyl (C=O) groups is 2. The van der Waals surface area contributed by atoms with Gasteiger partial charge in [-0.2, -0.15) is 0 Å². The fourth-order valence-corrected chi connectivity index (χ4v) is 4.13. The van der Waals surface area contributed by atoms with Crippen molar-refractivity contribution in [1.82, 2.24) is 9.88 Å². The normalized spacial score (nSPS) is 17.3. The van der Waals surface area contributed by atoms with Gasteiger partial charge in [-0.1, -0.05) is 34.1 Å². The third kappa shape index (κ3) is 4.34. The number of ether oxygens (including phenoxy) is 2. The summed E-state index contributed by atoms with van der Waals surface area (Å²) in [6, 6.07) is 14.9. The number of benzene rings is 2. The van der Waals surface area contributed by atoms with E-state index in [2.05, 4.69) is 20.9 Å². The van der Waals surface area contributed by atoms with Gasteiger partial charge >= 0.3 is 0 Å². The summed E-state index contributed by atoms with van der Waals surface area (Å²) in [6.07, 6.45) is 3.28. The molecule has 1 unspecified atom stereocenters. The predicted octanol–water partition coefficient (Wildman–Crippen LogP) is 4.48. The number of aliphatic hydroxyl groups is 1. The van der Waals surface area contributed by atoms with Gasteiger partial charge in [-0.25, -0.2) is 0 Å². The fourth-order valence-electron chi connectivity index (χ4n) is 3.86. The molecule has 1 aromatic heterocycles. The minimum atomic E-state index is -0.772. The highest BCUT2D eigenvalue weighted by molar-refractivity contribution is 9.10. The first-order valence-electron chi connectivity index (χ1n) is 10.1. The van der Waals surface area contributed by atoms with Gasteiger partial charge in [0, 0.05) is 29.0 Å². The molecule has 7 nitrogen and oxygen atoms in total. The second-order valence-corrected chi connectivity index (χ2v) is 8.33. The zero-order valence-electron chi connectivity index (χ0n) is 18.0. The molecule has 168 valence electrons. The highest BCUT2D eigenvalue weighted by Gasteiger charge is 2.46. The van der Waals surface area contributed by atoms with Gasteiger partial charge in [0.2, 0.25) is 0 Å². The summed E-state index contributed by atoms with van der Waals surface area (Å²) in [6.45, 7) is 0.169. The van der Waals surface area contributed by atoms with Crippen LogP contribution in [0.3, 0.4) is 0 Å². The van der Waals surface area contributed by atoms with Gasteiger partial charge in [-0.05, 0) is 47.5 Å². The molecule has 1 N–H and O–H groups in total. The first-order valence-corrected chi connectivity index (χ1v) is 10.9. The minimum absolute atomic E-state index is 0.0124. The van der Waals surface area contributed by atoms with Crippen LogP contribution in [-0.2, 0) is 16.1 Å². The summed E-state index contributed by atoms with van der Waals surface area (Å²) < 4.78 is 11.4. The molecule has 1 saturated heterocycles. The molecule has 1 atom stereocenters. The Balaban J connectivity index is 1.86. The second kappa shape index (κ2) is 9.46. The highest BCUT2D eigenvalue weighted by atomic mass is 79.9. The van der Waals surface area contributed by atoms with Crippen molar-refractivity contribution in [2.75, 3.05) is 14.2 Å². The lowest BCUT2D eigenvalue weighted by molar-refractivity contribution is -0.140. The topological polar surface area (TPSA) is 89.0 Å². The quantitative estimate of drug-likeness (QED) is 0.300. The number of likely N-dealkylation sites (tertiary alicyclic amines) is 1. The predicted molar refractivity (Wildman–Crippen MR) is 126 cm³/mol. The number of methoxy groups -OCH3 is 2. The number of ketones is 1. The molecular formula is C25H21BrN2O5. The van der Waals surface area contributed by atoms with Crippen LogP contribution >= 0.6 is 15.9 Å². The van der Waals surface area contributed by atoms with Crippen molar-refractivity contribution in [1.29, 1.82) is 0 Å². The molecule has 8 heteroatoms. The summed E-state index contributed by atoms with van der Waals surface area (Å²) >= 11 is 3.41. The fraction of sp³-hybridized carbons (Fsp3) is 0.160. The van der Waals surface area contributed by atoms with Crippen LogP contribution in [0.5, 0.6) is 11.5 Å². The number of rotatable bonds is 6. The summed E-state index contributed by atoms with van der Waals surface area (Å²) in [4.78, 5) is 31.8. The van der Waals surface area contributed by atoms with E-state index in [4.69, 9.17) is 9.47 Å². The van der Waals surface area contributed by atoms with Gasteiger partial charge in [-0.3, -0.25) is 14.6 Å².